The second-order valence-corrected chi connectivity index (χ2v) is 6.98. The van der Waals surface area contributed by atoms with Gasteiger partial charge in [-0.1, -0.05) is 0 Å². The molecule has 110 valence electrons. The summed E-state index contributed by atoms with van der Waals surface area (Å²) in [6.07, 6.45) is 2.30. The lowest BCUT2D eigenvalue weighted by atomic mass is 10.1. The second kappa shape index (κ2) is 7.03. The van der Waals surface area contributed by atoms with E-state index in [2.05, 4.69) is 12.2 Å². The van der Waals surface area contributed by atoms with Crippen molar-refractivity contribution in [2.24, 2.45) is 0 Å². The Bertz CT molecular complexity index is 330. The fraction of sp³-hybridized carbons (Fsp3) is 0.846. The molecule has 2 amide bonds. The minimum absolute atomic E-state index is 0.0206. The molecule has 1 saturated heterocycles. The van der Waals surface area contributed by atoms with Crippen molar-refractivity contribution in [1.29, 1.82) is 0 Å². The van der Waals surface area contributed by atoms with E-state index in [9.17, 15) is 9.59 Å². The van der Waals surface area contributed by atoms with E-state index in [-0.39, 0.29) is 23.2 Å². The van der Waals surface area contributed by atoms with E-state index in [0.29, 0.717) is 13.1 Å². The van der Waals surface area contributed by atoms with Gasteiger partial charge in [-0.3, -0.25) is 4.79 Å². The number of thioether (sulfide) groups is 1. The maximum atomic E-state index is 12.1. The van der Waals surface area contributed by atoms with Crippen molar-refractivity contribution in [2.45, 2.75) is 50.8 Å². The average Bonchev–Trinajstić information content (AvgIpc) is 2.74. The summed E-state index contributed by atoms with van der Waals surface area (Å²) in [4.78, 5) is 24.4. The van der Waals surface area contributed by atoms with Gasteiger partial charge in [0.1, 0.15) is 0 Å². The summed E-state index contributed by atoms with van der Waals surface area (Å²) >= 11 is 1.90. The van der Waals surface area contributed by atoms with E-state index in [1.165, 1.54) is 6.42 Å². The third-order valence-corrected chi connectivity index (χ3v) is 5.06. The summed E-state index contributed by atoms with van der Waals surface area (Å²) in [5.74, 6) is 0.274. The first kappa shape index (κ1) is 16.1. The first-order valence-corrected chi connectivity index (χ1v) is 7.77. The van der Waals surface area contributed by atoms with Gasteiger partial charge in [0.05, 0.1) is 6.42 Å². The Morgan fingerprint density at radius 1 is 1.53 bits per heavy atom. The molecule has 1 heterocycles. The summed E-state index contributed by atoms with van der Waals surface area (Å²) in [7, 11) is 0. The Labute approximate surface area is 119 Å². The molecule has 0 radical (unpaired) electrons. The molecule has 5 nitrogen and oxygen atoms in total. The second-order valence-electron chi connectivity index (χ2n) is 5.29. The number of hydrogen-bond donors (Lipinski definition) is 2. The summed E-state index contributed by atoms with van der Waals surface area (Å²) in [5, 5.41) is 11.7. The molecule has 0 saturated carbocycles. The number of carboxylic acids is 1. The SMILES string of the molecule is CCN(C(=O)NCC1(C)CCCS1)C(C)CC(=O)O. The van der Waals surface area contributed by atoms with Gasteiger partial charge in [0.15, 0.2) is 0 Å². The van der Waals surface area contributed by atoms with Gasteiger partial charge in [-0.05, 0) is 39.4 Å². The minimum Gasteiger partial charge on any atom is -0.481 e. The fourth-order valence-electron chi connectivity index (χ4n) is 2.36. The van der Waals surface area contributed by atoms with Crippen molar-refractivity contribution in [3.8, 4) is 0 Å². The molecule has 0 aromatic heterocycles. The quantitative estimate of drug-likeness (QED) is 0.786. The van der Waals surface area contributed by atoms with Crippen LogP contribution in [0, 0.1) is 0 Å². The molecule has 19 heavy (non-hydrogen) atoms. The molecule has 0 aromatic rings. The van der Waals surface area contributed by atoms with E-state index in [4.69, 9.17) is 5.11 Å². The molecule has 1 fully saturated rings. The highest BCUT2D eigenvalue weighted by atomic mass is 32.2. The standard InChI is InChI=1S/C13H24N2O3S/c1-4-15(10(2)8-11(16)17)12(18)14-9-13(3)6-5-7-19-13/h10H,4-9H2,1-3H3,(H,14,18)(H,16,17). The van der Waals surface area contributed by atoms with Crippen molar-refractivity contribution >= 4 is 23.8 Å². The Morgan fingerprint density at radius 3 is 2.68 bits per heavy atom. The van der Waals surface area contributed by atoms with Gasteiger partial charge in [-0.25, -0.2) is 4.79 Å². The monoisotopic (exact) mass is 288 g/mol. The van der Waals surface area contributed by atoms with E-state index >= 15 is 0 Å². The maximum absolute atomic E-state index is 12.1. The molecule has 2 N–H and O–H groups in total. The van der Waals surface area contributed by atoms with E-state index in [1.807, 2.05) is 18.7 Å². The van der Waals surface area contributed by atoms with Crippen LogP contribution in [0.2, 0.25) is 0 Å². The summed E-state index contributed by atoms with van der Waals surface area (Å²) < 4.78 is 0.130. The molecule has 0 spiro atoms. The molecule has 2 atom stereocenters. The van der Waals surface area contributed by atoms with Gasteiger partial charge in [-0.2, -0.15) is 11.8 Å². The number of carbonyl (C=O) groups excluding carboxylic acids is 1. The number of carboxylic acid groups (broad SMARTS) is 1. The predicted octanol–water partition coefficient (Wildman–Crippen LogP) is 2.17. The number of nitrogens with one attached hydrogen (secondary N) is 1. The Balaban J connectivity index is 2.47. The molecule has 1 aliphatic heterocycles. The molecule has 0 bridgehead atoms. The van der Waals surface area contributed by atoms with Crippen LogP contribution >= 0.6 is 11.8 Å². The molecule has 1 aliphatic rings. The van der Waals surface area contributed by atoms with Gasteiger partial charge in [-0.15, -0.1) is 0 Å². The number of rotatable bonds is 6. The Kier molecular flexibility index (Phi) is 5.97. The third kappa shape index (κ3) is 4.93. The lowest BCUT2D eigenvalue weighted by Gasteiger charge is -2.30. The number of carbonyl (C=O) groups is 2. The number of amides is 2. The van der Waals surface area contributed by atoms with Crippen molar-refractivity contribution in [3.05, 3.63) is 0 Å². The minimum atomic E-state index is -0.878. The molecule has 6 heteroatoms. The van der Waals surface area contributed by atoms with Gasteiger partial charge < -0.3 is 15.3 Å². The van der Waals surface area contributed by atoms with Crippen LogP contribution in [0.25, 0.3) is 0 Å². The highest BCUT2D eigenvalue weighted by molar-refractivity contribution is 8.00. The van der Waals surface area contributed by atoms with Gasteiger partial charge in [0.2, 0.25) is 0 Å². The Morgan fingerprint density at radius 2 is 2.21 bits per heavy atom. The van der Waals surface area contributed by atoms with E-state index in [0.717, 1.165) is 12.2 Å². The average molecular weight is 288 g/mol. The van der Waals surface area contributed by atoms with Crippen molar-refractivity contribution < 1.29 is 14.7 Å². The van der Waals surface area contributed by atoms with Crippen molar-refractivity contribution in [2.75, 3.05) is 18.8 Å². The Hall–Kier alpha value is -0.910. The van der Waals surface area contributed by atoms with Crippen LogP contribution in [0.5, 0.6) is 0 Å². The molecule has 0 aromatic carbocycles. The summed E-state index contributed by atoms with van der Waals surface area (Å²) in [6, 6.07) is -0.448. The first-order valence-electron chi connectivity index (χ1n) is 6.78. The molecule has 2 unspecified atom stereocenters. The number of aliphatic carboxylic acids is 1. The van der Waals surface area contributed by atoms with Crippen LogP contribution in [0.15, 0.2) is 0 Å². The van der Waals surface area contributed by atoms with Crippen LogP contribution in [-0.4, -0.2) is 51.6 Å². The van der Waals surface area contributed by atoms with Crippen molar-refractivity contribution in [3.63, 3.8) is 0 Å². The zero-order valence-electron chi connectivity index (χ0n) is 11.9. The van der Waals surface area contributed by atoms with Gasteiger partial charge in [0.25, 0.3) is 0 Å². The van der Waals surface area contributed by atoms with Crippen LogP contribution in [-0.2, 0) is 4.79 Å². The van der Waals surface area contributed by atoms with Crippen molar-refractivity contribution in [1.82, 2.24) is 10.2 Å². The smallest absolute Gasteiger partial charge is 0.317 e. The van der Waals surface area contributed by atoms with Gasteiger partial charge in [0, 0.05) is 23.9 Å². The maximum Gasteiger partial charge on any atom is 0.317 e. The number of nitrogens with zero attached hydrogens (tertiary/aromatic N) is 1. The fourth-order valence-corrected chi connectivity index (χ4v) is 3.60. The molecule has 1 rings (SSSR count). The van der Waals surface area contributed by atoms with E-state index < -0.39 is 5.97 Å². The largest absolute Gasteiger partial charge is 0.481 e. The topological polar surface area (TPSA) is 69.6 Å². The first-order chi connectivity index (χ1) is 8.88. The normalized spacial score (nSPS) is 23.9. The third-order valence-electron chi connectivity index (χ3n) is 3.52. The zero-order valence-corrected chi connectivity index (χ0v) is 12.8. The number of hydrogen-bond acceptors (Lipinski definition) is 3. The predicted molar refractivity (Wildman–Crippen MR) is 77.6 cm³/mol. The number of urea groups is 1. The summed E-state index contributed by atoms with van der Waals surface area (Å²) in [5.41, 5.74) is 0. The molecule has 0 aliphatic carbocycles. The van der Waals surface area contributed by atoms with Gasteiger partial charge >= 0.3 is 12.0 Å². The lowest BCUT2D eigenvalue weighted by Crippen LogP contribution is -2.48. The summed E-state index contributed by atoms with van der Waals surface area (Å²) in [6.45, 7) is 6.96. The van der Waals surface area contributed by atoms with E-state index in [1.54, 1.807) is 11.8 Å². The molecular weight excluding hydrogens is 264 g/mol. The molecular formula is C13H24N2O3S. The van der Waals surface area contributed by atoms with Crippen LogP contribution in [0.1, 0.15) is 40.0 Å². The van der Waals surface area contributed by atoms with Crippen LogP contribution in [0.3, 0.4) is 0 Å². The van der Waals surface area contributed by atoms with Crippen LogP contribution < -0.4 is 5.32 Å². The highest BCUT2D eigenvalue weighted by Gasteiger charge is 2.30. The zero-order chi connectivity index (χ0) is 14.5. The lowest BCUT2D eigenvalue weighted by molar-refractivity contribution is -0.138. The highest BCUT2D eigenvalue weighted by Crippen LogP contribution is 2.36. The van der Waals surface area contributed by atoms with Crippen LogP contribution in [0.4, 0.5) is 4.79 Å².